The van der Waals surface area contributed by atoms with E-state index in [0.717, 1.165) is 29.9 Å². The largest absolute Gasteiger partial charge is 0.507 e. The van der Waals surface area contributed by atoms with Crippen molar-refractivity contribution in [2.75, 3.05) is 37.1 Å². The fraction of sp³-hybridized carbons (Fsp3) is 0.267. The predicted molar refractivity (Wildman–Crippen MR) is 151 cm³/mol. The lowest BCUT2D eigenvalue weighted by atomic mass is 9.92. The number of halogens is 1. The molecule has 0 aliphatic carbocycles. The van der Waals surface area contributed by atoms with E-state index in [0.29, 0.717) is 11.4 Å². The maximum absolute atomic E-state index is 13.6. The van der Waals surface area contributed by atoms with E-state index in [1.807, 2.05) is 55.5 Å². The van der Waals surface area contributed by atoms with E-state index >= 15 is 0 Å². The summed E-state index contributed by atoms with van der Waals surface area (Å²) < 4.78 is 10.8. The molecule has 0 bridgehead atoms. The number of aryl methyl sites for hydroxylation is 1. The molecule has 8 heteroatoms. The molecule has 1 aliphatic heterocycles. The Bertz CT molecular complexity index is 1400. The van der Waals surface area contributed by atoms with Crippen molar-refractivity contribution < 1.29 is 24.2 Å². The lowest BCUT2D eigenvalue weighted by molar-refractivity contribution is -0.132. The Kier molecular flexibility index (Phi) is 7.97. The van der Waals surface area contributed by atoms with Crippen molar-refractivity contribution in [1.82, 2.24) is 0 Å². The van der Waals surface area contributed by atoms with Crippen LogP contribution in [0.3, 0.4) is 0 Å². The van der Waals surface area contributed by atoms with Crippen molar-refractivity contribution in [3.63, 3.8) is 0 Å². The van der Waals surface area contributed by atoms with Crippen LogP contribution in [0.15, 0.2) is 66.2 Å². The average molecular weight is 535 g/mol. The lowest BCUT2D eigenvalue weighted by Gasteiger charge is -2.28. The number of carbonyl (C=O) groups excluding carboxylic acids is 2. The van der Waals surface area contributed by atoms with Crippen molar-refractivity contribution in [2.24, 2.45) is 0 Å². The zero-order chi connectivity index (χ0) is 27.6. The normalized spacial score (nSPS) is 16.6. The molecule has 0 spiro atoms. The van der Waals surface area contributed by atoms with Crippen LogP contribution in [0.25, 0.3) is 5.76 Å². The van der Waals surface area contributed by atoms with Gasteiger partial charge < -0.3 is 19.5 Å². The second-order valence-corrected chi connectivity index (χ2v) is 9.31. The smallest absolute Gasteiger partial charge is 0.300 e. The van der Waals surface area contributed by atoms with Crippen LogP contribution in [-0.2, 0) is 9.59 Å². The molecule has 1 atom stereocenters. The number of ketones is 1. The number of nitrogens with zero attached hydrogens (tertiary/aromatic N) is 2. The third-order valence-corrected chi connectivity index (χ3v) is 7.21. The quantitative estimate of drug-likeness (QED) is 0.212. The minimum absolute atomic E-state index is 0.0419. The molecule has 0 radical (unpaired) electrons. The van der Waals surface area contributed by atoms with Gasteiger partial charge in [-0.1, -0.05) is 35.9 Å². The van der Waals surface area contributed by atoms with E-state index in [4.69, 9.17) is 21.1 Å². The summed E-state index contributed by atoms with van der Waals surface area (Å²) in [5.74, 6) is -1.35. The van der Waals surface area contributed by atoms with Gasteiger partial charge in [0.2, 0.25) is 0 Å². The number of aliphatic hydroxyl groups is 1. The van der Waals surface area contributed by atoms with Gasteiger partial charge in [-0.2, -0.15) is 0 Å². The Hall–Kier alpha value is -3.97. The molecule has 1 amide bonds. The molecular formula is C30H31ClN2O5. The number of methoxy groups -OCH3 is 2. The van der Waals surface area contributed by atoms with Gasteiger partial charge in [0.25, 0.3) is 11.7 Å². The molecule has 0 aromatic heterocycles. The minimum Gasteiger partial charge on any atom is -0.507 e. The summed E-state index contributed by atoms with van der Waals surface area (Å²) in [5, 5.41) is 11.9. The van der Waals surface area contributed by atoms with Crippen LogP contribution < -0.4 is 19.3 Å². The van der Waals surface area contributed by atoms with Gasteiger partial charge in [0.15, 0.2) is 0 Å². The molecular weight excluding hydrogens is 504 g/mol. The molecule has 1 heterocycles. The predicted octanol–water partition coefficient (Wildman–Crippen LogP) is 6.14. The fourth-order valence-corrected chi connectivity index (χ4v) is 5.12. The summed E-state index contributed by atoms with van der Waals surface area (Å²) >= 11 is 6.27. The second-order valence-electron chi connectivity index (χ2n) is 8.90. The molecule has 1 N–H and O–H groups in total. The number of aliphatic hydroxyl groups excluding tert-OH is 1. The summed E-state index contributed by atoms with van der Waals surface area (Å²) in [6, 6.07) is 17.2. The zero-order valence-electron chi connectivity index (χ0n) is 22.1. The molecule has 1 saturated heterocycles. The minimum atomic E-state index is -0.859. The summed E-state index contributed by atoms with van der Waals surface area (Å²) in [6.45, 7) is 7.75. The molecule has 3 aromatic rings. The molecule has 0 saturated carbocycles. The van der Waals surface area contributed by atoms with Crippen LogP contribution in [-0.4, -0.2) is 44.1 Å². The first-order valence-electron chi connectivity index (χ1n) is 12.4. The SMILES string of the molecule is CCN(CC)c1ccc(N2C(=O)C(=O)/C(=C(/O)c3cc(OC)c(Cl)cc3OC)C2c2ccccc2C)cc1. The maximum Gasteiger partial charge on any atom is 0.300 e. The molecule has 1 fully saturated rings. The summed E-state index contributed by atoms with van der Waals surface area (Å²) in [6.07, 6.45) is 0. The number of anilines is 2. The number of hydrogen-bond donors (Lipinski definition) is 1. The number of ether oxygens (including phenoxy) is 2. The molecule has 198 valence electrons. The first-order chi connectivity index (χ1) is 18.3. The number of rotatable bonds is 8. The van der Waals surface area contributed by atoms with Crippen LogP contribution in [0.4, 0.5) is 11.4 Å². The third-order valence-electron chi connectivity index (χ3n) is 6.91. The second kappa shape index (κ2) is 11.2. The summed E-state index contributed by atoms with van der Waals surface area (Å²) in [7, 11) is 2.88. The highest BCUT2D eigenvalue weighted by Gasteiger charge is 2.47. The number of benzene rings is 3. The van der Waals surface area contributed by atoms with E-state index in [-0.39, 0.29) is 27.7 Å². The van der Waals surface area contributed by atoms with Crippen molar-refractivity contribution in [2.45, 2.75) is 26.8 Å². The Morgan fingerprint density at radius 3 is 2.18 bits per heavy atom. The molecule has 38 heavy (non-hydrogen) atoms. The number of amides is 1. The van der Waals surface area contributed by atoms with E-state index in [2.05, 4.69) is 18.7 Å². The van der Waals surface area contributed by atoms with Gasteiger partial charge in [-0.05, 0) is 62.2 Å². The highest BCUT2D eigenvalue weighted by Crippen LogP contribution is 2.45. The molecule has 4 rings (SSSR count). The van der Waals surface area contributed by atoms with Crippen LogP contribution in [0.5, 0.6) is 11.5 Å². The van der Waals surface area contributed by atoms with E-state index in [1.165, 1.54) is 31.3 Å². The number of hydrogen-bond acceptors (Lipinski definition) is 6. The van der Waals surface area contributed by atoms with Gasteiger partial charge in [-0.25, -0.2) is 0 Å². The van der Waals surface area contributed by atoms with E-state index < -0.39 is 17.7 Å². The van der Waals surface area contributed by atoms with Crippen molar-refractivity contribution in [3.8, 4) is 11.5 Å². The van der Waals surface area contributed by atoms with Crippen LogP contribution in [0, 0.1) is 6.92 Å². The van der Waals surface area contributed by atoms with Gasteiger partial charge in [-0.15, -0.1) is 0 Å². The molecule has 1 unspecified atom stereocenters. The van der Waals surface area contributed by atoms with Gasteiger partial charge in [0.1, 0.15) is 17.3 Å². The fourth-order valence-electron chi connectivity index (χ4n) is 4.89. The van der Waals surface area contributed by atoms with Gasteiger partial charge >= 0.3 is 0 Å². The Balaban J connectivity index is 1.95. The Morgan fingerprint density at radius 1 is 0.974 bits per heavy atom. The van der Waals surface area contributed by atoms with Gasteiger partial charge in [0, 0.05) is 30.5 Å². The van der Waals surface area contributed by atoms with E-state index in [9.17, 15) is 14.7 Å². The number of Topliss-reactive ketones (excluding diaryl/α,β-unsaturated/α-hetero) is 1. The molecule has 7 nitrogen and oxygen atoms in total. The highest BCUT2D eigenvalue weighted by atomic mass is 35.5. The maximum atomic E-state index is 13.6. The molecule has 1 aliphatic rings. The van der Waals surface area contributed by atoms with Crippen LogP contribution in [0.1, 0.15) is 36.6 Å². The summed E-state index contributed by atoms with van der Waals surface area (Å²) in [4.78, 5) is 30.8. The van der Waals surface area contributed by atoms with Crippen LogP contribution >= 0.6 is 11.6 Å². The lowest BCUT2D eigenvalue weighted by Crippen LogP contribution is -2.30. The van der Waals surface area contributed by atoms with Crippen molar-refractivity contribution >= 4 is 40.4 Å². The topological polar surface area (TPSA) is 79.3 Å². The highest BCUT2D eigenvalue weighted by molar-refractivity contribution is 6.51. The molecule has 3 aromatic carbocycles. The van der Waals surface area contributed by atoms with Crippen LogP contribution in [0.2, 0.25) is 5.02 Å². The Labute approximate surface area is 227 Å². The summed E-state index contributed by atoms with van der Waals surface area (Å²) in [5.41, 5.74) is 3.32. The van der Waals surface area contributed by atoms with Crippen molar-refractivity contribution in [1.29, 1.82) is 0 Å². The van der Waals surface area contributed by atoms with Crippen molar-refractivity contribution in [3.05, 3.63) is 87.9 Å². The Morgan fingerprint density at radius 2 is 1.61 bits per heavy atom. The first kappa shape index (κ1) is 27.1. The van der Waals surface area contributed by atoms with Gasteiger partial charge in [0.05, 0.1) is 36.4 Å². The standard InChI is InChI=1S/C30H31ClN2O5/c1-6-32(7-2)19-12-14-20(15-13-19)33-27(21-11-9-8-10-18(21)3)26(29(35)30(33)36)28(34)22-16-25(38-5)23(31)17-24(22)37-4/h8-17,27,34H,6-7H2,1-5H3/b28-26+. The average Bonchev–Trinajstić information content (AvgIpc) is 3.19. The third kappa shape index (κ3) is 4.70. The van der Waals surface area contributed by atoms with E-state index in [1.54, 1.807) is 0 Å². The van der Waals surface area contributed by atoms with Gasteiger partial charge in [-0.3, -0.25) is 14.5 Å². The zero-order valence-corrected chi connectivity index (χ0v) is 22.9. The monoisotopic (exact) mass is 534 g/mol. The number of carbonyl (C=O) groups is 2. The first-order valence-corrected chi connectivity index (χ1v) is 12.8.